The van der Waals surface area contributed by atoms with E-state index in [2.05, 4.69) is 14.4 Å². The standard InChI is InChI=1S/C18H16FN3O3S/c19-15-9-4-5-11-17(15)25-18-16(10-6-12-20-18)22-26(23,24)21-13-14-7-2-1-3-8-14/h1-12,21-22H,13H2. The van der Waals surface area contributed by atoms with E-state index in [1.807, 2.05) is 18.2 Å². The summed E-state index contributed by atoms with van der Waals surface area (Å²) >= 11 is 0. The number of pyridine rings is 1. The number of rotatable bonds is 7. The number of anilines is 1. The van der Waals surface area contributed by atoms with Gasteiger partial charge in [-0.25, -0.2) is 9.37 Å². The summed E-state index contributed by atoms with van der Waals surface area (Å²) in [4.78, 5) is 3.97. The lowest BCUT2D eigenvalue weighted by atomic mass is 10.2. The van der Waals surface area contributed by atoms with Gasteiger partial charge in [0.15, 0.2) is 11.6 Å². The molecule has 26 heavy (non-hydrogen) atoms. The van der Waals surface area contributed by atoms with Crippen molar-refractivity contribution < 1.29 is 17.5 Å². The molecule has 2 N–H and O–H groups in total. The highest BCUT2D eigenvalue weighted by atomic mass is 32.2. The minimum Gasteiger partial charge on any atom is -0.434 e. The van der Waals surface area contributed by atoms with Crippen LogP contribution in [0.5, 0.6) is 11.6 Å². The first-order valence-electron chi connectivity index (χ1n) is 7.72. The zero-order valence-electron chi connectivity index (χ0n) is 13.6. The van der Waals surface area contributed by atoms with Crippen LogP contribution in [0, 0.1) is 5.82 Å². The van der Waals surface area contributed by atoms with Crippen molar-refractivity contribution >= 4 is 15.9 Å². The number of hydrogen-bond donors (Lipinski definition) is 2. The number of nitrogens with one attached hydrogen (secondary N) is 2. The molecule has 0 saturated carbocycles. The largest absolute Gasteiger partial charge is 0.434 e. The predicted molar refractivity (Wildman–Crippen MR) is 96.5 cm³/mol. The molecule has 0 fully saturated rings. The van der Waals surface area contributed by atoms with E-state index >= 15 is 0 Å². The van der Waals surface area contributed by atoms with Gasteiger partial charge in [-0.2, -0.15) is 13.1 Å². The number of aromatic nitrogens is 1. The lowest BCUT2D eigenvalue weighted by molar-refractivity contribution is 0.429. The molecule has 0 aliphatic carbocycles. The minimum absolute atomic E-state index is 0.0520. The lowest BCUT2D eigenvalue weighted by Gasteiger charge is -2.13. The van der Waals surface area contributed by atoms with Gasteiger partial charge in [-0.15, -0.1) is 0 Å². The Bertz CT molecular complexity index is 982. The number of para-hydroxylation sites is 1. The van der Waals surface area contributed by atoms with Crippen LogP contribution in [-0.2, 0) is 16.8 Å². The van der Waals surface area contributed by atoms with Gasteiger partial charge in [0.25, 0.3) is 10.2 Å². The number of halogens is 1. The molecule has 0 saturated heterocycles. The van der Waals surface area contributed by atoms with Crippen LogP contribution >= 0.6 is 0 Å². The predicted octanol–water partition coefficient (Wildman–Crippen LogP) is 3.46. The zero-order valence-corrected chi connectivity index (χ0v) is 14.4. The highest BCUT2D eigenvalue weighted by Crippen LogP contribution is 2.28. The first kappa shape index (κ1) is 17.8. The van der Waals surface area contributed by atoms with E-state index in [9.17, 15) is 12.8 Å². The summed E-state index contributed by atoms with van der Waals surface area (Å²) in [6, 6.07) is 17.9. The van der Waals surface area contributed by atoms with Gasteiger partial charge < -0.3 is 4.74 Å². The molecule has 0 spiro atoms. The van der Waals surface area contributed by atoms with E-state index in [0.717, 1.165) is 5.56 Å². The van der Waals surface area contributed by atoms with Crippen LogP contribution < -0.4 is 14.2 Å². The number of nitrogens with zero attached hydrogens (tertiary/aromatic N) is 1. The molecule has 3 aromatic rings. The molecule has 0 bridgehead atoms. The molecule has 0 amide bonds. The maximum absolute atomic E-state index is 13.7. The van der Waals surface area contributed by atoms with Crippen molar-refractivity contribution in [3.05, 3.63) is 84.3 Å². The van der Waals surface area contributed by atoms with Crippen molar-refractivity contribution in [2.24, 2.45) is 0 Å². The second-order valence-corrected chi connectivity index (χ2v) is 6.80. The van der Waals surface area contributed by atoms with Crippen molar-refractivity contribution in [3.8, 4) is 11.6 Å². The summed E-state index contributed by atoms with van der Waals surface area (Å²) in [6.07, 6.45) is 1.42. The van der Waals surface area contributed by atoms with E-state index in [1.165, 1.54) is 30.5 Å². The third kappa shape index (κ3) is 4.78. The number of benzene rings is 2. The third-order valence-electron chi connectivity index (χ3n) is 3.37. The molecule has 1 heterocycles. The topological polar surface area (TPSA) is 80.3 Å². The number of ether oxygens (including phenoxy) is 1. The van der Waals surface area contributed by atoms with Crippen molar-refractivity contribution in [2.45, 2.75) is 6.54 Å². The van der Waals surface area contributed by atoms with Crippen molar-refractivity contribution in [1.29, 1.82) is 0 Å². The highest BCUT2D eigenvalue weighted by Gasteiger charge is 2.15. The summed E-state index contributed by atoms with van der Waals surface area (Å²) in [5.41, 5.74) is 0.906. The fraction of sp³-hybridized carbons (Fsp3) is 0.0556. The molecule has 3 rings (SSSR count). The van der Waals surface area contributed by atoms with Crippen LogP contribution in [0.1, 0.15) is 5.56 Å². The Morgan fingerprint density at radius 3 is 2.46 bits per heavy atom. The minimum atomic E-state index is -3.87. The Hall–Kier alpha value is -2.97. The monoisotopic (exact) mass is 373 g/mol. The average Bonchev–Trinajstić information content (AvgIpc) is 2.64. The summed E-state index contributed by atoms with van der Waals surface area (Å²) < 4.78 is 48.5. The molecule has 0 aliphatic heterocycles. The summed E-state index contributed by atoms with van der Waals surface area (Å²) in [5, 5.41) is 0. The van der Waals surface area contributed by atoms with Gasteiger partial charge in [-0.05, 0) is 29.8 Å². The first-order chi connectivity index (χ1) is 12.5. The van der Waals surface area contributed by atoms with Crippen molar-refractivity contribution in [1.82, 2.24) is 9.71 Å². The van der Waals surface area contributed by atoms with Gasteiger partial charge in [0.05, 0.1) is 0 Å². The molecule has 0 atom stereocenters. The van der Waals surface area contributed by atoms with Crippen LogP contribution in [0.15, 0.2) is 72.9 Å². The molecule has 134 valence electrons. The maximum Gasteiger partial charge on any atom is 0.299 e. The Balaban J connectivity index is 1.74. The van der Waals surface area contributed by atoms with Gasteiger partial charge in [0, 0.05) is 12.7 Å². The Labute approximate surface area is 150 Å². The Kier molecular flexibility index (Phi) is 5.45. The molecule has 0 aliphatic rings. The maximum atomic E-state index is 13.7. The average molecular weight is 373 g/mol. The molecule has 8 heteroatoms. The molecule has 0 unspecified atom stereocenters. The Morgan fingerprint density at radius 1 is 0.962 bits per heavy atom. The Morgan fingerprint density at radius 2 is 1.69 bits per heavy atom. The number of hydrogen-bond acceptors (Lipinski definition) is 4. The summed E-state index contributed by atoms with van der Waals surface area (Å²) in [6.45, 7) is 0.125. The lowest BCUT2D eigenvalue weighted by Crippen LogP contribution is -2.29. The van der Waals surface area contributed by atoms with Crippen LogP contribution in [0.2, 0.25) is 0 Å². The normalized spacial score (nSPS) is 11.1. The smallest absolute Gasteiger partial charge is 0.299 e. The van der Waals surface area contributed by atoms with Gasteiger partial charge in [0.1, 0.15) is 5.69 Å². The molecular formula is C18H16FN3O3S. The van der Waals surface area contributed by atoms with E-state index in [0.29, 0.717) is 0 Å². The SMILES string of the molecule is O=S(=O)(NCc1ccccc1)Nc1cccnc1Oc1ccccc1F. The van der Waals surface area contributed by atoms with Crippen molar-refractivity contribution in [2.75, 3.05) is 4.72 Å². The van der Waals surface area contributed by atoms with Gasteiger partial charge >= 0.3 is 0 Å². The fourth-order valence-corrected chi connectivity index (χ4v) is 3.01. The molecular weight excluding hydrogens is 357 g/mol. The van der Waals surface area contributed by atoms with Crippen LogP contribution in [0.3, 0.4) is 0 Å². The van der Waals surface area contributed by atoms with Crippen LogP contribution in [0.25, 0.3) is 0 Å². The van der Waals surface area contributed by atoms with Crippen molar-refractivity contribution in [3.63, 3.8) is 0 Å². The zero-order chi connectivity index (χ0) is 18.4. The van der Waals surface area contributed by atoms with E-state index < -0.39 is 16.0 Å². The second kappa shape index (κ2) is 7.94. The molecule has 1 aromatic heterocycles. The first-order valence-corrected chi connectivity index (χ1v) is 9.20. The molecule has 6 nitrogen and oxygen atoms in total. The summed E-state index contributed by atoms with van der Waals surface area (Å²) in [7, 11) is -3.87. The molecule has 0 radical (unpaired) electrons. The van der Waals surface area contributed by atoms with E-state index in [4.69, 9.17) is 4.74 Å². The quantitative estimate of drug-likeness (QED) is 0.665. The van der Waals surface area contributed by atoms with Gasteiger partial charge in [0.2, 0.25) is 5.88 Å². The highest BCUT2D eigenvalue weighted by molar-refractivity contribution is 7.90. The van der Waals surface area contributed by atoms with E-state index in [1.54, 1.807) is 24.3 Å². The van der Waals surface area contributed by atoms with E-state index in [-0.39, 0.29) is 23.9 Å². The second-order valence-electron chi connectivity index (χ2n) is 5.30. The van der Waals surface area contributed by atoms with Crippen LogP contribution in [0.4, 0.5) is 10.1 Å². The molecule has 2 aromatic carbocycles. The van der Waals surface area contributed by atoms with Crippen LogP contribution in [-0.4, -0.2) is 13.4 Å². The van der Waals surface area contributed by atoms with Gasteiger partial charge in [-0.1, -0.05) is 42.5 Å². The summed E-state index contributed by atoms with van der Waals surface area (Å²) in [5.74, 6) is -0.680. The fourth-order valence-electron chi connectivity index (χ4n) is 2.14. The van der Waals surface area contributed by atoms with Gasteiger partial charge in [-0.3, -0.25) is 4.72 Å². The third-order valence-corrected chi connectivity index (χ3v) is 4.38.